The van der Waals surface area contributed by atoms with Crippen LogP contribution in [0.1, 0.15) is 31.2 Å². The van der Waals surface area contributed by atoms with Crippen molar-refractivity contribution in [2.45, 2.75) is 31.7 Å². The van der Waals surface area contributed by atoms with Gasteiger partial charge >= 0.3 is 0 Å². The molecule has 2 aliphatic heterocycles. The zero-order valence-corrected chi connectivity index (χ0v) is 20.9. The van der Waals surface area contributed by atoms with Crippen molar-refractivity contribution in [1.29, 1.82) is 5.26 Å². The predicted molar refractivity (Wildman–Crippen MR) is 139 cm³/mol. The lowest BCUT2D eigenvalue weighted by Gasteiger charge is -2.36. The molecule has 34 heavy (non-hydrogen) atoms. The molecule has 1 amide bonds. The molecule has 1 N–H and O–H groups in total. The van der Waals surface area contributed by atoms with Gasteiger partial charge in [-0.25, -0.2) is 0 Å². The first-order chi connectivity index (χ1) is 16.5. The Bertz CT molecular complexity index is 1010. The number of halogens is 2. The van der Waals surface area contributed by atoms with Crippen molar-refractivity contribution in [1.82, 2.24) is 9.80 Å². The highest BCUT2D eigenvalue weighted by Crippen LogP contribution is 2.23. The Morgan fingerprint density at radius 1 is 1.00 bits per heavy atom. The van der Waals surface area contributed by atoms with Gasteiger partial charge in [-0.2, -0.15) is 5.26 Å². The molecule has 8 heteroatoms. The van der Waals surface area contributed by atoms with Gasteiger partial charge in [-0.05, 0) is 68.3 Å². The van der Waals surface area contributed by atoms with Crippen LogP contribution >= 0.6 is 23.2 Å². The lowest BCUT2D eigenvalue weighted by atomic mass is 10.0. The van der Waals surface area contributed by atoms with Crippen molar-refractivity contribution in [3.05, 3.63) is 58.1 Å². The van der Waals surface area contributed by atoms with Gasteiger partial charge < -0.3 is 15.1 Å². The van der Waals surface area contributed by atoms with E-state index in [2.05, 4.69) is 33.3 Å². The summed E-state index contributed by atoms with van der Waals surface area (Å²) >= 11 is 12.1. The molecular formula is C26H31Cl2N5O. The summed E-state index contributed by atoms with van der Waals surface area (Å²) in [6.45, 7) is 6.57. The third kappa shape index (κ3) is 6.56. The molecule has 4 rings (SSSR count). The summed E-state index contributed by atoms with van der Waals surface area (Å²) in [5.74, 6) is 0.264. The number of nitrogens with one attached hydrogen (secondary N) is 1. The molecule has 2 heterocycles. The van der Waals surface area contributed by atoms with E-state index in [-0.39, 0.29) is 5.91 Å². The average molecular weight is 500 g/mol. The number of carbonyl (C=O) groups is 1. The molecule has 0 saturated carbocycles. The summed E-state index contributed by atoms with van der Waals surface area (Å²) in [6.07, 6.45) is 3.34. The quantitative estimate of drug-likeness (QED) is 0.588. The van der Waals surface area contributed by atoms with E-state index in [1.807, 2.05) is 23.1 Å². The molecule has 0 aliphatic carbocycles. The molecule has 2 fully saturated rings. The number of anilines is 2. The molecule has 0 spiro atoms. The van der Waals surface area contributed by atoms with E-state index in [1.165, 1.54) is 5.69 Å². The highest BCUT2D eigenvalue weighted by molar-refractivity contribution is 6.32. The summed E-state index contributed by atoms with van der Waals surface area (Å²) in [7, 11) is 0. The Hall–Kier alpha value is -2.46. The summed E-state index contributed by atoms with van der Waals surface area (Å²) in [5, 5.41) is 13.7. The van der Waals surface area contributed by atoms with Gasteiger partial charge in [0.2, 0.25) is 5.91 Å². The normalized spacial score (nSPS) is 17.4. The summed E-state index contributed by atoms with van der Waals surface area (Å²) in [6, 6.07) is 15.8. The number of carbonyl (C=O) groups excluding carboxylic acids is 1. The van der Waals surface area contributed by atoms with Crippen LogP contribution in [0.3, 0.4) is 0 Å². The minimum Gasteiger partial charge on any atom is -0.382 e. The standard InChI is InChI=1S/C26H31Cl2N5O/c27-21-4-7-24(8-5-21)32-16-14-31(15-17-32)11-1-2-26(34)33-12-9-22(10-13-33)30-23-6-3-20(19-29)25(28)18-23/h3-8,18,22,30H,1-2,9-17H2. The maximum atomic E-state index is 12.7. The number of hydrogen-bond acceptors (Lipinski definition) is 5. The fraction of sp³-hybridized carbons (Fsp3) is 0.462. The average Bonchev–Trinajstić information content (AvgIpc) is 2.85. The Labute approximate surface area is 212 Å². The first-order valence-electron chi connectivity index (χ1n) is 12.0. The molecular weight excluding hydrogens is 469 g/mol. The van der Waals surface area contributed by atoms with Gasteiger partial charge in [-0.15, -0.1) is 0 Å². The molecule has 0 unspecified atom stereocenters. The Morgan fingerprint density at radius 2 is 1.71 bits per heavy atom. The zero-order chi connectivity index (χ0) is 23.9. The molecule has 0 aromatic heterocycles. The number of benzene rings is 2. The van der Waals surface area contributed by atoms with Crippen LogP contribution in [0.5, 0.6) is 0 Å². The van der Waals surface area contributed by atoms with E-state index < -0.39 is 0 Å². The van der Waals surface area contributed by atoms with Gasteiger partial charge in [-0.1, -0.05) is 23.2 Å². The van der Waals surface area contributed by atoms with Crippen LogP contribution in [-0.4, -0.2) is 67.6 Å². The number of nitriles is 1. The Morgan fingerprint density at radius 3 is 2.35 bits per heavy atom. The molecule has 2 aromatic carbocycles. The van der Waals surface area contributed by atoms with Gasteiger partial charge in [0.15, 0.2) is 0 Å². The van der Waals surface area contributed by atoms with Crippen LogP contribution in [0.15, 0.2) is 42.5 Å². The summed E-state index contributed by atoms with van der Waals surface area (Å²) in [4.78, 5) is 19.6. The number of nitrogens with zero attached hydrogens (tertiary/aromatic N) is 4. The zero-order valence-electron chi connectivity index (χ0n) is 19.4. The van der Waals surface area contributed by atoms with Crippen molar-refractivity contribution < 1.29 is 4.79 Å². The lowest BCUT2D eigenvalue weighted by Crippen LogP contribution is -2.47. The van der Waals surface area contributed by atoms with Gasteiger partial charge in [0.05, 0.1) is 10.6 Å². The Balaban J connectivity index is 1.12. The number of likely N-dealkylation sites (tertiary alicyclic amines) is 1. The number of piperidine rings is 1. The summed E-state index contributed by atoms with van der Waals surface area (Å²) in [5.41, 5.74) is 2.63. The molecule has 2 saturated heterocycles. The molecule has 0 atom stereocenters. The maximum absolute atomic E-state index is 12.7. The van der Waals surface area contributed by atoms with E-state index in [0.29, 0.717) is 23.0 Å². The number of piperazine rings is 1. The number of amides is 1. The van der Waals surface area contributed by atoms with Crippen LogP contribution in [0, 0.1) is 11.3 Å². The minimum absolute atomic E-state index is 0.264. The predicted octanol–water partition coefficient (Wildman–Crippen LogP) is 4.87. The Kier molecular flexibility index (Phi) is 8.55. The van der Waals surface area contributed by atoms with Gasteiger partial charge in [0.1, 0.15) is 6.07 Å². The van der Waals surface area contributed by atoms with E-state index in [9.17, 15) is 4.79 Å². The third-order valence-electron chi connectivity index (χ3n) is 6.74. The second-order valence-electron chi connectivity index (χ2n) is 9.01. The van der Waals surface area contributed by atoms with Crippen LogP contribution in [0.4, 0.5) is 11.4 Å². The van der Waals surface area contributed by atoms with E-state index >= 15 is 0 Å². The molecule has 2 aliphatic rings. The molecule has 0 bridgehead atoms. The van der Waals surface area contributed by atoms with E-state index in [1.54, 1.807) is 12.1 Å². The monoisotopic (exact) mass is 499 g/mol. The lowest BCUT2D eigenvalue weighted by molar-refractivity contribution is -0.132. The minimum atomic E-state index is 0.264. The van der Waals surface area contributed by atoms with Crippen molar-refractivity contribution in [2.24, 2.45) is 0 Å². The molecule has 180 valence electrons. The van der Waals surface area contributed by atoms with E-state index in [4.69, 9.17) is 28.5 Å². The second kappa shape index (κ2) is 11.8. The topological polar surface area (TPSA) is 62.6 Å². The highest BCUT2D eigenvalue weighted by atomic mass is 35.5. The smallest absolute Gasteiger partial charge is 0.222 e. The second-order valence-corrected chi connectivity index (χ2v) is 9.86. The van der Waals surface area contributed by atoms with Gasteiger partial charge in [0.25, 0.3) is 0 Å². The van der Waals surface area contributed by atoms with Crippen molar-refractivity contribution >= 4 is 40.5 Å². The maximum Gasteiger partial charge on any atom is 0.222 e. The van der Waals surface area contributed by atoms with Crippen molar-refractivity contribution in [3.63, 3.8) is 0 Å². The first-order valence-corrected chi connectivity index (χ1v) is 12.7. The SMILES string of the molecule is N#Cc1ccc(NC2CCN(C(=O)CCCN3CCN(c4ccc(Cl)cc4)CC3)CC2)cc1Cl. The summed E-state index contributed by atoms with van der Waals surface area (Å²) < 4.78 is 0. The van der Waals surface area contributed by atoms with Crippen LogP contribution in [0.2, 0.25) is 10.0 Å². The first kappa shape index (κ1) is 24.7. The van der Waals surface area contributed by atoms with Crippen LogP contribution < -0.4 is 10.2 Å². The van der Waals surface area contributed by atoms with E-state index in [0.717, 1.165) is 75.8 Å². The van der Waals surface area contributed by atoms with Gasteiger partial charge in [-0.3, -0.25) is 9.69 Å². The molecule has 0 radical (unpaired) electrons. The number of hydrogen-bond donors (Lipinski definition) is 1. The molecule has 6 nitrogen and oxygen atoms in total. The van der Waals surface area contributed by atoms with Crippen LogP contribution in [-0.2, 0) is 4.79 Å². The van der Waals surface area contributed by atoms with Gasteiger partial charge in [0, 0.05) is 68.1 Å². The van der Waals surface area contributed by atoms with Crippen LogP contribution in [0.25, 0.3) is 0 Å². The number of rotatable bonds is 7. The third-order valence-corrected chi connectivity index (χ3v) is 7.30. The largest absolute Gasteiger partial charge is 0.382 e. The fourth-order valence-corrected chi connectivity index (χ4v) is 5.05. The van der Waals surface area contributed by atoms with Crippen molar-refractivity contribution in [2.75, 3.05) is 56.0 Å². The highest BCUT2D eigenvalue weighted by Gasteiger charge is 2.23. The molecule has 2 aromatic rings. The fourth-order valence-electron chi connectivity index (χ4n) is 4.70. The van der Waals surface area contributed by atoms with Crippen molar-refractivity contribution in [3.8, 4) is 6.07 Å².